The van der Waals surface area contributed by atoms with Crippen LogP contribution in [-0.4, -0.2) is 68.0 Å². The molecule has 1 saturated carbocycles. The molecule has 44 heavy (non-hydrogen) atoms. The molecule has 0 aliphatic heterocycles. The van der Waals surface area contributed by atoms with E-state index in [1.807, 2.05) is 68.8 Å². The lowest BCUT2D eigenvalue weighted by Gasteiger charge is -2.38. The van der Waals surface area contributed by atoms with Crippen molar-refractivity contribution in [1.82, 2.24) is 14.5 Å². The van der Waals surface area contributed by atoms with Crippen molar-refractivity contribution in [3.05, 3.63) is 54.0 Å². The number of ether oxygens (including phenoxy) is 2. The predicted octanol–water partition coefficient (Wildman–Crippen LogP) is 6.55. The van der Waals surface area contributed by atoms with E-state index in [-0.39, 0.29) is 29.6 Å². The zero-order valence-corrected chi connectivity index (χ0v) is 29.9. The molecule has 1 aliphatic rings. The second kappa shape index (κ2) is 15.0. The summed E-state index contributed by atoms with van der Waals surface area (Å²) in [6, 6.07) is 10.0. The summed E-state index contributed by atoms with van der Waals surface area (Å²) >= 11 is 0. The number of methoxy groups -OCH3 is 1. The van der Waals surface area contributed by atoms with Crippen LogP contribution in [0.5, 0.6) is 5.88 Å². The summed E-state index contributed by atoms with van der Waals surface area (Å²) in [4.78, 5) is 20.9. The number of hydrogen-bond acceptors (Lipinski definition) is 8. The summed E-state index contributed by atoms with van der Waals surface area (Å²) in [5, 5.41) is 12.0. The monoisotopic (exact) mass is 642 g/mol. The van der Waals surface area contributed by atoms with Crippen molar-refractivity contribution in [2.45, 2.75) is 115 Å². The molecule has 4 atom stereocenters. The van der Waals surface area contributed by atoms with Crippen molar-refractivity contribution >= 4 is 28.6 Å². The Hall–Kier alpha value is -2.13. The minimum Gasteiger partial charge on any atom is -0.479 e. The quantitative estimate of drug-likeness (QED) is 0.180. The number of rotatable bonds is 15. The van der Waals surface area contributed by atoms with Gasteiger partial charge in [0.1, 0.15) is 18.6 Å². The largest absolute Gasteiger partial charge is 0.479 e. The van der Waals surface area contributed by atoms with Crippen LogP contribution in [0.4, 0.5) is 0 Å². The molecule has 2 N–H and O–H groups in total. The maximum absolute atomic E-state index is 12.0. The van der Waals surface area contributed by atoms with Crippen molar-refractivity contribution in [2.75, 3.05) is 13.7 Å². The van der Waals surface area contributed by atoms with Crippen LogP contribution in [0, 0.1) is 5.92 Å². The molecule has 0 spiro atoms. The molecule has 1 aliphatic carbocycles. The molecule has 3 aromatic rings. The lowest BCUT2D eigenvalue weighted by Crippen LogP contribution is -2.51. The van der Waals surface area contributed by atoms with Crippen LogP contribution < -0.4 is 4.74 Å². The van der Waals surface area contributed by atoms with Gasteiger partial charge in [0.2, 0.25) is 14.9 Å². The highest BCUT2D eigenvalue weighted by Gasteiger charge is 2.52. The van der Waals surface area contributed by atoms with Crippen LogP contribution in [0.2, 0.25) is 22.2 Å². The Morgan fingerprint density at radius 2 is 1.66 bits per heavy atom. The zero-order valence-electron chi connectivity index (χ0n) is 27.9. The van der Waals surface area contributed by atoms with E-state index in [9.17, 15) is 9.90 Å². The summed E-state index contributed by atoms with van der Waals surface area (Å²) in [6.45, 7) is 18.2. The van der Waals surface area contributed by atoms with E-state index in [1.165, 1.54) is 6.33 Å². The molecule has 0 saturated heterocycles. The molecule has 243 valence electrons. The van der Waals surface area contributed by atoms with Crippen LogP contribution >= 0.6 is 0 Å². The molecular weight excluding hydrogens is 591 g/mol. The Kier molecular flexibility index (Phi) is 11.8. The predicted molar refractivity (Wildman–Crippen MR) is 177 cm³/mol. The fourth-order valence-electron chi connectivity index (χ4n) is 6.59. The normalized spacial score (nSPS) is 21.2. The van der Waals surface area contributed by atoms with Gasteiger partial charge in [-0.25, -0.2) is 4.98 Å². The molecule has 1 radical (unpaired) electrons. The van der Waals surface area contributed by atoms with Gasteiger partial charge in [0.05, 0.1) is 31.4 Å². The number of aromatic nitrogens is 3. The number of nitrogens with zero attached hydrogens (tertiary/aromatic N) is 3. The van der Waals surface area contributed by atoms with Crippen LogP contribution in [0.25, 0.3) is 11.0 Å². The molecular formula is C33H52N3O6Si2. The molecule has 2 heterocycles. The van der Waals surface area contributed by atoms with Gasteiger partial charge < -0.3 is 32.8 Å². The first-order valence-electron chi connectivity index (χ1n) is 16.0. The Labute approximate surface area is 265 Å². The van der Waals surface area contributed by atoms with Crippen molar-refractivity contribution in [2.24, 2.45) is 5.92 Å². The second-order valence-corrected chi connectivity index (χ2v) is 20.8. The first-order valence-corrected chi connectivity index (χ1v) is 19.5. The van der Waals surface area contributed by atoms with Gasteiger partial charge >= 0.3 is 8.56 Å². The Morgan fingerprint density at radius 3 is 2.25 bits per heavy atom. The second-order valence-electron chi connectivity index (χ2n) is 13.4. The average Bonchev–Trinajstić information content (AvgIpc) is 3.50. The summed E-state index contributed by atoms with van der Waals surface area (Å²) in [7, 11) is -2.66. The van der Waals surface area contributed by atoms with E-state index in [0.29, 0.717) is 36.6 Å². The maximum Gasteiger partial charge on any atom is 0.341 e. The molecule has 0 bridgehead atoms. The summed E-state index contributed by atoms with van der Waals surface area (Å²) < 4.78 is 27.1. The van der Waals surface area contributed by atoms with Crippen LogP contribution in [0.1, 0.15) is 78.9 Å². The van der Waals surface area contributed by atoms with Gasteiger partial charge in [0.25, 0.3) is 0 Å². The van der Waals surface area contributed by atoms with Gasteiger partial charge in [-0.1, -0.05) is 85.7 Å². The van der Waals surface area contributed by atoms with Crippen molar-refractivity contribution in [3.8, 4) is 5.88 Å². The SMILES string of the molecule is COc1ncnc2c([C@@H]3C[C@H](CO[Si](C(C)C)C(C)C)[C@@H](O[Si](O)(C(C)C)C(C)C)[C@H]3O)cn(COCc3ccccc3)c12. The summed E-state index contributed by atoms with van der Waals surface area (Å²) in [5.74, 6) is 0.0881. The lowest BCUT2D eigenvalue weighted by molar-refractivity contribution is -0.00260. The van der Waals surface area contributed by atoms with Gasteiger partial charge in [-0.2, -0.15) is 4.98 Å². The molecule has 0 unspecified atom stereocenters. The minimum absolute atomic E-state index is 0.0260. The highest BCUT2D eigenvalue weighted by atomic mass is 28.4. The molecule has 2 aromatic heterocycles. The van der Waals surface area contributed by atoms with Gasteiger partial charge in [-0.05, 0) is 34.1 Å². The molecule has 0 amide bonds. The summed E-state index contributed by atoms with van der Waals surface area (Å²) in [6.07, 6.45) is 2.75. The Balaban J connectivity index is 1.69. The number of hydrogen-bond donors (Lipinski definition) is 2. The molecule has 1 aromatic carbocycles. The van der Waals surface area contributed by atoms with Gasteiger partial charge in [0, 0.05) is 30.2 Å². The topological polar surface area (TPSA) is 108 Å². The fourth-order valence-corrected chi connectivity index (χ4v) is 11.6. The highest BCUT2D eigenvalue weighted by Crippen LogP contribution is 2.46. The van der Waals surface area contributed by atoms with E-state index in [2.05, 4.69) is 37.7 Å². The van der Waals surface area contributed by atoms with Gasteiger partial charge in [-0.3, -0.25) is 0 Å². The van der Waals surface area contributed by atoms with Crippen LogP contribution in [0.15, 0.2) is 42.9 Å². The standard InChI is InChI=1S/C33H52N3O6Si2/c1-21(2)43(22(3)4)41-18-26-15-27(31(37)32(26)42-44(38,23(5)6)24(7)8)28-16-36(20-40-17-25-13-11-10-12-14-25)30-29(28)34-19-35-33(30)39-9/h10-14,16,19,21-24,26-27,31-32,37-38H,15,17-18,20H2,1-9H3/t26-,27+,31+,32-/m1/s1. The lowest BCUT2D eigenvalue weighted by atomic mass is 9.96. The van der Waals surface area contributed by atoms with E-state index < -0.39 is 29.8 Å². The minimum atomic E-state index is -3.17. The van der Waals surface area contributed by atoms with Crippen molar-refractivity contribution in [3.63, 3.8) is 0 Å². The fraction of sp³-hybridized carbons (Fsp3) is 0.636. The molecule has 11 heteroatoms. The molecule has 1 fully saturated rings. The van der Waals surface area contributed by atoms with Gasteiger partial charge in [-0.15, -0.1) is 0 Å². The van der Waals surface area contributed by atoms with E-state index in [0.717, 1.165) is 22.2 Å². The smallest absolute Gasteiger partial charge is 0.341 e. The number of fused-ring (bicyclic) bond motifs is 1. The van der Waals surface area contributed by atoms with E-state index in [1.54, 1.807) is 7.11 Å². The first kappa shape index (κ1) is 34.7. The van der Waals surface area contributed by atoms with Crippen molar-refractivity contribution < 1.29 is 28.2 Å². The van der Waals surface area contributed by atoms with Crippen molar-refractivity contribution in [1.29, 1.82) is 0 Å². The highest BCUT2D eigenvalue weighted by molar-refractivity contribution is 6.68. The van der Waals surface area contributed by atoms with Crippen LogP contribution in [0.3, 0.4) is 0 Å². The number of aliphatic hydroxyl groups is 1. The number of aliphatic hydroxyl groups excluding tert-OH is 1. The van der Waals surface area contributed by atoms with E-state index >= 15 is 0 Å². The third kappa shape index (κ3) is 7.46. The Morgan fingerprint density at radius 1 is 1.00 bits per heavy atom. The molecule has 4 rings (SSSR count). The van der Waals surface area contributed by atoms with Gasteiger partial charge in [0.15, 0.2) is 0 Å². The zero-order chi connectivity index (χ0) is 32.2. The number of benzene rings is 1. The first-order chi connectivity index (χ1) is 20.9. The Bertz CT molecular complexity index is 1320. The maximum atomic E-state index is 12.0. The molecule has 9 nitrogen and oxygen atoms in total. The third-order valence-corrected chi connectivity index (χ3v) is 15.7. The third-order valence-electron chi connectivity index (χ3n) is 8.93. The average molecular weight is 643 g/mol. The van der Waals surface area contributed by atoms with E-state index in [4.69, 9.17) is 18.3 Å². The summed E-state index contributed by atoms with van der Waals surface area (Å²) in [5.41, 5.74) is 4.28. The van der Waals surface area contributed by atoms with Crippen LogP contribution in [-0.2, 0) is 26.9 Å².